The minimum absolute atomic E-state index is 0.0632. The maximum absolute atomic E-state index is 12.4. The number of benzene rings is 1. The van der Waals surface area contributed by atoms with Crippen LogP contribution in [-0.4, -0.2) is 24.6 Å². The highest BCUT2D eigenvalue weighted by molar-refractivity contribution is 5.99. The summed E-state index contributed by atoms with van der Waals surface area (Å²) in [5, 5.41) is 6.36. The van der Waals surface area contributed by atoms with Crippen LogP contribution >= 0.6 is 0 Å². The van der Waals surface area contributed by atoms with Crippen molar-refractivity contribution in [3.05, 3.63) is 23.8 Å². The lowest BCUT2D eigenvalue weighted by Crippen LogP contribution is -2.45. The number of amides is 1. The fourth-order valence-corrected chi connectivity index (χ4v) is 2.12. The molecule has 2 rings (SSSR count). The fraction of sp³-hybridized carbons (Fsp3) is 0.533. The minimum Gasteiger partial charge on any atom is -0.489 e. The molecule has 0 fully saturated rings. The number of ether oxygens (including phenoxy) is 1. The van der Waals surface area contributed by atoms with Gasteiger partial charge in [-0.2, -0.15) is 0 Å². The van der Waals surface area contributed by atoms with Crippen LogP contribution in [0.4, 0.5) is 5.69 Å². The number of hydrogen-bond acceptors (Lipinski definition) is 3. The Balaban J connectivity index is 2.25. The highest BCUT2D eigenvalue weighted by Crippen LogP contribution is 2.31. The van der Waals surface area contributed by atoms with Gasteiger partial charge in [-0.05, 0) is 31.9 Å². The largest absolute Gasteiger partial charge is 0.489 e. The molecule has 4 heteroatoms. The van der Waals surface area contributed by atoms with E-state index in [2.05, 4.69) is 31.4 Å². The van der Waals surface area contributed by atoms with E-state index in [-0.39, 0.29) is 11.4 Å². The van der Waals surface area contributed by atoms with Crippen molar-refractivity contribution in [3.8, 4) is 5.75 Å². The molecule has 0 aromatic heterocycles. The first-order chi connectivity index (χ1) is 9.09. The Morgan fingerprint density at radius 1 is 1.42 bits per heavy atom. The highest BCUT2D eigenvalue weighted by atomic mass is 16.5. The number of anilines is 1. The van der Waals surface area contributed by atoms with Crippen LogP contribution in [-0.2, 0) is 0 Å². The second kappa shape index (κ2) is 5.51. The molecular weight excluding hydrogens is 240 g/mol. The number of para-hydroxylation sites is 1. The van der Waals surface area contributed by atoms with Gasteiger partial charge in [0.2, 0.25) is 0 Å². The van der Waals surface area contributed by atoms with Crippen molar-refractivity contribution in [1.82, 2.24) is 5.32 Å². The van der Waals surface area contributed by atoms with E-state index in [0.717, 1.165) is 25.1 Å². The Labute approximate surface area is 114 Å². The van der Waals surface area contributed by atoms with Crippen molar-refractivity contribution in [1.29, 1.82) is 0 Å². The van der Waals surface area contributed by atoms with Crippen molar-refractivity contribution in [2.24, 2.45) is 0 Å². The van der Waals surface area contributed by atoms with E-state index in [4.69, 9.17) is 4.74 Å². The number of fused-ring (bicyclic) bond motifs is 1. The number of hydrogen-bond donors (Lipinski definition) is 2. The summed E-state index contributed by atoms with van der Waals surface area (Å²) < 4.78 is 5.63. The second-order valence-electron chi connectivity index (χ2n) is 5.18. The molecule has 1 aliphatic heterocycles. The number of carbonyl (C=O) groups is 1. The smallest absolute Gasteiger partial charge is 0.255 e. The van der Waals surface area contributed by atoms with E-state index < -0.39 is 0 Å². The molecule has 4 nitrogen and oxygen atoms in total. The third kappa shape index (κ3) is 2.83. The van der Waals surface area contributed by atoms with E-state index in [1.165, 1.54) is 0 Å². The third-order valence-corrected chi connectivity index (χ3v) is 3.90. The molecule has 1 aromatic carbocycles. The van der Waals surface area contributed by atoms with Gasteiger partial charge in [-0.15, -0.1) is 0 Å². The van der Waals surface area contributed by atoms with Gasteiger partial charge in [0.25, 0.3) is 5.91 Å². The average molecular weight is 262 g/mol. The predicted octanol–water partition coefficient (Wildman–Crippen LogP) is 2.80. The molecule has 19 heavy (non-hydrogen) atoms. The van der Waals surface area contributed by atoms with Gasteiger partial charge in [0, 0.05) is 12.1 Å². The Morgan fingerprint density at radius 3 is 2.84 bits per heavy atom. The molecule has 0 atom stereocenters. The SMILES string of the molecule is CCC(C)(CC)NC(=O)c1cccc2c1OCCN2. The molecule has 1 aliphatic rings. The van der Waals surface area contributed by atoms with Crippen molar-refractivity contribution < 1.29 is 9.53 Å². The van der Waals surface area contributed by atoms with Crippen LogP contribution in [0.15, 0.2) is 18.2 Å². The highest BCUT2D eigenvalue weighted by Gasteiger charge is 2.25. The summed E-state index contributed by atoms with van der Waals surface area (Å²) in [5.74, 6) is 0.604. The molecule has 1 heterocycles. The second-order valence-corrected chi connectivity index (χ2v) is 5.18. The van der Waals surface area contributed by atoms with Gasteiger partial charge in [-0.25, -0.2) is 0 Å². The Kier molecular flexibility index (Phi) is 3.98. The van der Waals surface area contributed by atoms with Crippen LogP contribution in [0.1, 0.15) is 44.0 Å². The lowest BCUT2D eigenvalue weighted by Gasteiger charge is -2.29. The first-order valence-electron chi connectivity index (χ1n) is 6.92. The summed E-state index contributed by atoms with van der Waals surface area (Å²) in [7, 11) is 0. The lowest BCUT2D eigenvalue weighted by atomic mass is 9.95. The summed E-state index contributed by atoms with van der Waals surface area (Å²) >= 11 is 0. The Hall–Kier alpha value is -1.71. The van der Waals surface area contributed by atoms with Gasteiger partial charge >= 0.3 is 0 Å². The summed E-state index contributed by atoms with van der Waals surface area (Å²) in [5.41, 5.74) is 1.34. The molecule has 1 amide bonds. The van der Waals surface area contributed by atoms with E-state index in [0.29, 0.717) is 17.9 Å². The standard InChI is InChI=1S/C15H22N2O2/c1-4-15(3,5-2)17-14(18)11-7-6-8-12-13(11)19-10-9-16-12/h6-8,16H,4-5,9-10H2,1-3H3,(H,17,18). The quantitative estimate of drug-likeness (QED) is 0.877. The van der Waals surface area contributed by atoms with Gasteiger partial charge in [0.15, 0.2) is 5.75 Å². The third-order valence-electron chi connectivity index (χ3n) is 3.90. The molecule has 2 N–H and O–H groups in total. The minimum atomic E-state index is -0.165. The lowest BCUT2D eigenvalue weighted by molar-refractivity contribution is 0.0897. The Bertz CT molecular complexity index is 467. The zero-order chi connectivity index (χ0) is 13.9. The molecule has 0 unspecified atom stereocenters. The molecule has 104 valence electrons. The molecule has 0 aliphatic carbocycles. The van der Waals surface area contributed by atoms with Crippen molar-refractivity contribution in [3.63, 3.8) is 0 Å². The summed E-state index contributed by atoms with van der Waals surface area (Å²) in [6.45, 7) is 7.61. The fourth-order valence-electron chi connectivity index (χ4n) is 2.12. The van der Waals surface area contributed by atoms with Crippen LogP contribution < -0.4 is 15.4 Å². The van der Waals surface area contributed by atoms with E-state index in [9.17, 15) is 4.79 Å². The summed E-state index contributed by atoms with van der Waals surface area (Å²) in [4.78, 5) is 12.4. The van der Waals surface area contributed by atoms with E-state index >= 15 is 0 Å². The number of rotatable bonds is 4. The molecule has 0 bridgehead atoms. The summed E-state index contributed by atoms with van der Waals surface area (Å²) in [6.07, 6.45) is 1.81. The van der Waals surface area contributed by atoms with Gasteiger partial charge in [0.05, 0.1) is 11.3 Å². The maximum Gasteiger partial charge on any atom is 0.255 e. The maximum atomic E-state index is 12.4. The van der Waals surface area contributed by atoms with Gasteiger partial charge in [-0.3, -0.25) is 4.79 Å². The molecular formula is C15H22N2O2. The monoisotopic (exact) mass is 262 g/mol. The van der Waals surface area contributed by atoms with E-state index in [1.54, 1.807) is 0 Å². The normalized spacial score (nSPS) is 14.1. The van der Waals surface area contributed by atoms with Crippen molar-refractivity contribution in [2.75, 3.05) is 18.5 Å². The molecule has 0 spiro atoms. The molecule has 0 saturated carbocycles. The van der Waals surface area contributed by atoms with E-state index in [1.807, 2.05) is 18.2 Å². The van der Waals surface area contributed by atoms with Crippen LogP contribution in [0, 0.1) is 0 Å². The number of nitrogens with one attached hydrogen (secondary N) is 2. The topological polar surface area (TPSA) is 50.4 Å². The van der Waals surface area contributed by atoms with Crippen LogP contribution in [0.5, 0.6) is 5.75 Å². The van der Waals surface area contributed by atoms with Gasteiger partial charge < -0.3 is 15.4 Å². The van der Waals surface area contributed by atoms with Crippen molar-refractivity contribution in [2.45, 2.75) is 39.2 Å². The predicted molar refractivity (Wildman–Crippen MR) is 76.9 cm³/mol. The number of carbonyl (C=O) groups excluding carboxylic acids is 1. The Morgan fingerprint density at radius 2 is 2.16 bits per heavy atom. The first kappa shape index (κ1) is 13.7. The van der Waals surface area contributed by atoms with Gasteiger partial charge in [-0.1, -0.05) is 19.9 Å². The van der Waals surface area contributed by atoms with Crippen LogP contribution in [0.2, 0.25) is 0 Å². The first-order valence-corrected chi connectivity index (χ1v) is 6.92. The zero-order valence-electron chi connectivity index (χ0n) is 11.9. The van der Waals surface area contributed by atoms with Gasteiger partial charge in [0.1, 0.15) is 6.61 Å². The average Bonchev–Trinajstić information content (AvgIpc) is 2.46. The van der Waals surface area contributed by atoms with Crippen LogP contribution in [0.3, 0.4) is 0 Å². The van der Waals surface area contributed by atoms with Crippen LogP contribution in [0.25, 0.3) is 0 Å². The summed E-state index contributed by atoms with van der Waals surface area (Å²) in [6, 6.07) is 5.63. The molecule has 1 aromatic rings. The zero-order valence-corrected chi connectivity index (χ0v) is 11.9. The molecule has 0 saturated heterocycles. The molecule has 0 radical (unpaired) electrons. The van der Waals surface area contributed by atoms with Crippen molar-refractivity contribution >= 4 is 11.6 Å².